The van der Waals surface area contributed by atoms with Crippen molar-refractivity contribution in [2.75, 3.05) is 19.7 Å². The highest BCUT2D eigenvalue weighted by Gasteiger charge is 2.29. The van der Waals surface area contributed by atoms with E-state index in [0.717, 1.165) is 6.54 Å². The van der Waals surface area contributed by atoms with Gasteiger partial charge in [0.25, 0.3) is 6.02 Å². The Labute approximate surface area is 121 Å². The molecule has 19 heavy (non-hydrogen) atoms. The highest BCUT2D eigenvalue weighted by molar-refractivity contribution is 6.42. The SMILES string of the molecule is Clc1ccc(OCC2CN3C=CCN=C3O2)cc1Cl. The largest absolute Gasteiger partial charge is 0.490 e. The molecule has 4 nitrogen and oxygen atoms in total. The van der Waals surface area contributed by atoms with Crippen LogP contribution in [0.3, 0.4) is 0 Å². The number of hydrogen-bond donors (Lipinski definition) is 0. The van der Waals surface area contributed by atoms with Gasteiger partial charge >= 0.3 is 0 Å². The Hall–Kier alpha value is -1.39. The zero-order chi connectivity index (χ0) is 13.2. The third kappa shape index (κ3) is 2.80. The molecule has 1 fully saturated rings. The molecule has 0 bridgehead atoms. The molecule has 1 aromatic carbocycles. The smallest absolute Gasteiger partial charge is 0.292 e. The third-order valence-electron chi connectivity index (χ3n) is 2.86. The van der Waals surface area contributed by atoms with Crippen molar-refractivity contribution >= 4 is 29.2 Å². The van der Waals surface area contributed by atoms with E-state index in [2.05, 4.69) is 4.99 Å². The molecule has 6 heteroatoms. The van der Waals surface area contributed by atoms with Crippen LogP contribution in [0.15, 0.2) is 35.5 Å². The molecule has 1 aromatic rings. The Balaban J connectivity index is 1.58. The predicted molar refractivity (Wildman–Crippen MR) is 75.0 cm³/mol. The molecule has 0 radical (unpaired) electrons. The van der Waals surface area contributed by atoms with Crippen LogP contribution in [0.4, 0.5) is 0 Å². The van der Waals surface area contributed by atoms with Crippen LogP contribution in [0, 0.1) is 0 Å². The van der Waals surface area contributed by atoms with E-state index in [0.29, 0.717) is 35.0 Å². The molecule has 1 saturated heterocycles. The minimum absolute atomic E-state index is 0.0315. The summed E-state index contributed by atoms with van der Waals surface area (Å²) in [5, 5.41) is 0.999. The van der Waals surface area contributed by atoms with Gasteiger partial charge in [0.2, 0.25) is 0 Å². The lowest BCUT2D eigenvalue weighted by molar-refractivity contribution is 0.146. The summed E-state index contributed by atoms with van der Waals surface area (Å²) in [6.07, 6.45) is 3.95. The van der Waals surface area contributed by atoms with Gasteiger partial charge in [-0.15, -0.1) is 0 Å². The van der Waals surface area contributed by atoms with Crippen molar-refractivity contribution in [3.05, 3.63) is 40.5 Å². The summed E-state index contributed by atoms with van der Waals surface area (Å²) in [4.78, 5) is 6.24. The highest BCUT2D eigenvalue weighted by Crippen LogP contribution is 2.26. The van der Waals surface area contributed by atoms with Crippen LogP contribution >= 0.6 is 23.2 Å². The number of aliphatic imine (C=N–C) groups is 1. The zero-order valence-electron chi connectivity index (χ0n) is 10.1. The fraction of sp³-hybridized carbons (Fsp3) is 0.308. The first kappa shape index (κ1) is 12.6. The van der Waals surface area contributed by atoms with E-state index in [1.165, 1.54) is 0 Å². The molecule has 1 atom stereocenters. The van der Waals surface area contributed by atoms with Crippen LogP contribution in [0.2, 0.25) is 10.0 Å². The summed E-state index contributed by atoms with van der Waals surface area (Å²) in [6.45, 7) is 1.87. The topological polar surface area (TPSA) is 34.1 Å². The molecule has 100 valence electrons. The summed E-state index contributed by atoms with van der Waals surface area (Å²) < 4.78 is 11.3. The summed E-state index contributed by atoms with van der Waals surface area (Å²) in [5.74, 6) is 0.681. The van der Waals surface area contributed by atoms with Gasteiger partial charge in [0.1, 0.15) is 12.4 Å². The van der Waals surface area contributed by atoms with Crippen molar-refractivity contribution in [3.8, 4) is 5.75 Å². The number of halogens is 2. The number of nitrogens with zero attached hydrogens (tertiary/aromatic N) is 2. The fourth-order valence-electron chi connectivity index (χ4n) is 1.95. The molecule has 3 rings (SSSR count). The maximum atomic E-state index is 5.93. The van der Waals surface area contributed by atoms with E-state index in [1.807, 2.05) is 17.2 Å². The van der Waals surface area contributed by atoms with Gasteiger partial charge < -0.3 is 9.47 Å². The van der Waals surface area contributed by atoms with Crippen LogP contribution < -0.4 is 4.74 Å². The van der Waals surface area contributed by atoms with Gasteiger partial charge in [-0.25, -0.2) is 4.99 Å². The summed E-state index contributed by atoms with van der Waals surface area (Å²) in [6, 6.07) is 5.87. The van der Waals surface area contributed by atoms with Crippen molar-refractivity contribution in [1.29, 1.82) is 0 Å². The second kappa shape index (κ2) is 5.31. The average Bonchev–Trinajstić information content (AvgIpc) is 2.83. The van der Waals surface area contributed by atoms with E-state index in [4.69, 9.17) is 32.7 Å². The van der Waals surface area contributed by atoms with Crippen molar-refractivity contribution < 1.29 is 9.47 Å². The van der Waals surface area contributed by atoms with Crippen LogP contribution in [-0.4, -0.2) is 36.7 Å². The Bertz CT molecular complexity index is 545. The Morgan fingerprint density at radius 3 is 3.05 bits per heavy atom. The Morgan fingerprint density at radius 1 is 1.37 bits per heavy atom. The maximum absolute atomic E-state index is 5.93. The second-order valence-corrected chi connectivity index (χ2v) is 5.10. The lowest BCUT2D eigenvalue weighted by Crippen LogP contribution is -2.24. The minimum Gasteiger partial charge on any atom is -0.490 e. The van der Waals surface area contributed by atoms with Crippen LogP contribution in [-0.2, 0) is 4.74 Å². The van der Waals surface area contributed by atoms with Gasteiger partial charge in [-0.1, -0.05) is 23.2 Å². The molecule has 0 amide bonds. The van der Waals surface area contributed by atoms with Gasteiger partial charge in [0.15, 0.2) is 6.10 Å². The lowest BCUT2D eigenvalue weighted by atomic mass is 10.3. The first-order valence-corrected chi connectivity index (χ1v) is 6.70. The molecule has 2 aliphatic heterocycles. The highest BCUT2D eigenvalue weighted by atomic mass is 35.5. The molecular formula is C13H12Cl2N2O2. The summed E-state index contributed by atoms with van der Waals surface area (Å²) in [7, 11) is 0. The molecule has 0 aromatic heterocycles. The number of fused-ring (bicyclic) bond motifs is 1. The minimum atomic E-state index is -0.0315. The van der Waals surface area contributed by atoms with Crippen LogP contribution in [0.25, 0.3) is 0 Å². The molecule has 2 aliphatic rings. The zero-order valence-corrected chi connectivity index (χ0v) is 11.6. The molecule has 0 spiro atoms. The molecule has 0 saturated carbocycles. The second-order valence-electron chi connectivity index (χ2n) is 4.29. The lowest BCUT2D eigenvalue weighted by Gasteiger charge is -2.12. The summed E-state index contributed by atoms with van der Waals surface area (Å²) >= 11 is 11.8. The number of amidine groups is 1. The molecule has 0 N–H and O–H groups in total. The van der Waals surface area contributed by atoms with Crippen molar-refractivity contribution in [1.82, 2.24) is 4.90 Å². The van der Waals surface area contributed by atoms with E-state index in [-0.39, 0.29) is 6.10 Å². The third-order valence-corrected chi connectivity index (χ3v) is 3.60. The van der Waals surface area contributed by atoms with E-state index < -0.39 is 0 Å². The first-order valence-electron chi connectivity index (χ1n) is 5.94. The number of hydrogen-bond acceptors (Lipinski definition) is 4. The van der Waals surface area contributed by atoms with Gasteiger partial charge in [-0.2, -0.15) is 0 Å². The van der Waals surface area contributed by atoms with E-state index >= 15 is 0 Å². The monoisotopic (exact) mass is 298 g/mol. The fourth-order valence-corrected chi connectivity index (χ4v) is 2.24. The maximum Gasteiger partial charge on any atom is 0.292 e. The van der Waals surface area contributed by atoms with Gasteiger partial charge in [-0.3, -0.25) is 4.90 Å². The number of benzene rings is 1. The predicted octanol–water partition coefficient (Wildman–Crippen LogP) is 2.96. The first-order chi connectivity index (χ1) is 9.22. The molecular weight excluding hydrogens is 287 g/mol. The van der Waals surface area contributed by atoms with E-state index in [9.17, 15) is 0 Å². The van der Waals surface area contributed by atoms with Gasteiger partial charge in [0, 0.05) is 12.3 Å². The van der Waals surface area contributed by atoms with Gasteiger partial charge in [-0.05, 0) is 18.2 Å². The van der Waals surface area contributed by atoms with Crippen LogP contribution in [0.1, 0.15) is 0 Å². The average molecular weight is 299 g/mol. The molecule has 2 heterocycles. The molecule has 1 unspecified atom stereocenters. The van der Waals surface area contributed by atoms with Crippen molar-refractivity contribution in [3.63, 3.8) is 0 Å². The normalized spacial score (nSPS) is 20.8. The quantitative estimate of drug-likeness (QED) is 0.860. The molecule has 0 aliphatic carbocycles. The standard InChI is InChI=1S/C13H12Cl2N2O2/c14-11-3-2-9(6-12(11)15)18-8-10-7-17-5-1-4-16-13(17)19-10/h1-3,5-6,10H,4,7-8H2. The van der Waals surface area contributed by atoms with Gasteiger partial charge in [0.05, 0.1) is 23.1 Å². The Morgan fingerprint density at radius 2 is 2.26 bits per heavy atom. The Kier molecular flexibility index (Phi) is 3.53. The summed E-state index contributed by atoms with van der Waals surface area (Å²) in [5.41, 5.74) is 0. The van der Waals surface area contributed by atoms with Crippen molar-refractivity contribution in [2.24, 2.45) is 4.99 Å². The van der Waals surface area contributed by atoms with Crippen LogP contribution in [0.5, 0.6) is 5.75 Å². The number of rotatable bonds is 3. The van der Waals surface area contributed by atoms with Crippen molar-refractivity contribution in [2.45, 2.75) is 6.10 Å². The van der Waals surface area contributed by atoms with E-state index in [1.54, 1.807) is 18.2 Å². The number of ether oxygens (including phenoxy) is 2.